The maximum atomic E-state index is 13.4. The first-order chi connectivity index (χ1) is 20.8. The molecule has 228 valence electrons. The van der Waals surface area contributed by atoms with Crippen molar-refractivity contribution in [2.45, 2.75) is 75.4 Å². The molecule has 0 radical (unpaired) electrons. The predicted octanol–water partition coefficient (Wildman–Crippen LogP) is 0.155. The van der Waals surface area contributed by atoms with E-state index >= 15 is 0 Å². The van der Waals surface area contributed by atoms with Gasteiger partial charge in [-0.25, -0.2) is 0 Å². The smallest absolute Gasteiger partial charge is 0.289 e. The van der Waals surface area contributed by atoms with E-state index in [2.05, 4.69) is 26.4 Å². The molecule has 6 atom stereocenters. The van der Waals surface area contributed by atoms with Crippen molar-refractivity contribution in [3.8, 4) is 0 Å². The Morgan fingerprint density at radius 3 is 2.60 bits per heavy atom. The number of ether oxygens (including phenoxy) is 1. The van der Waals surface area contributed by atoms with E-state index in [1.54, 1.807) is 11.8 Å². The van der Waals surface area contributed by atoms with E-state index < -0.39 is 36.0 Å². The number of rotatable bonds is 12. The standard InChI is InChI=1S/C30H36N6O7/c1-16-11-22(35-43-16)28(40)32-14-24(37)36-15-19(17-5-3-2-4-6-17)13-23(36)26-30(42-26)34-21(12-18-9-10-31-27(18)39)25(38)29(41)33-20-7-8-20/h2-6,11,18-21,23,26,30,34H,7-10,12-15H2,1H3,(H,31,39)(H,32,40)(H,33,41)/t18-,19+,21-,23?,26+,30?/m0/s1. The van der Waals surface area contributed by atoms with Gasteiger partial charge in [-0.15, -0.1) is 0 Å². The van der Waals surface area contributed by atoms with E-state index in [-0.39, 0.29) is 54.4 Å². The Morgan fingerprint density at radius 2 is 1.93 bits per heavy atom. The van der Waals surface area contributed by atoms with Gasteiger partial charge in [-0.05, 0) is 44.6 Å². The van der Waals surface area contributed by atoms with Crippen LogP contribution in [0.4, 0.5) is 0 Å². The fourth-order valence-corrected chi connectivity index (χ4v) is 6.05. The molecule has 43 heavy (non-hydrogen) atoms. The van der Waals surface area contributed by atoms with Crippen molar-refractivity contribution in [1.29, 1.82) is 0 Å². The monoisotopic (exact) mass is 592 g/mol. The van der Waals surface area contributed by atoms with Crippen molar-refractivity contribution >= 4 is 29.4 Å². The number of ketones is 1. The molecular weight excluding hydrogens is 556 g/mol. The molecule has 0 bridgehead atoms. The summed E-state index contributed by atoms with van der Waals surface area (Å²) in [4.78, 5) is 65.8. The summed E-state index contributed by atoms with van der Waals surface area (Å²) >= 11 is 0. The Balaban J connectivity index is 1.13. The molecule has 4 fully saturated rings. The van der Waals surface area contributed by atoms with Crippen molar-refractivity contribution in [1.82, 2.24) is 31.3 Å². The predicted molar refractivity (Wildman–Crippen MR) is 150 cm³/mol. The second kappa shape index (κ2) is 12.3. The molecule has 3 aliphatic heterocycles. The number of amides is 4. The SMILES string of the molecule is Cc1cc(C(=O)NCC(=O)N2C[C@H](c3ccccc3)CC2[C@H]2OC2N[C@@H](C[C@@H]2CCNC2=O)C(=O)C(=O)NC2CC2)no1. The molecule has 1 aromatic carbocycles. The lowest BCUT2D eigenvalue weighted by molar-refractivity contribution is -0.139. The van der Waals surface area contributed by atoms with Crippen LogP contribution in [0.15, 0.2) is 40.9 Å². The Morgan fingerprint density at radius 1 is 1.14 bits per heavy atom. The van der Waals surface area contributed by atoms with Gasteiger partial charge in [0, 0.05) is 37.0 Å². The van der Waals surface area contributed by atoms with Crippen LogP contribution >= 0.6 is 0 Å². The Bertz CT molecular complexity index is 1390. The molecule has 0 spiro atoms. The molecule has 13 heteroatoms. The van der Waals surface area contributed by atoms with Crippen LogP contribution in [-0.2, 0) is 23.9 Å². The third kappa shape index (κ3) is 6.78. The van der Waals surface area contributed by atoms with Crippen molar-refractivity contribution in [3.05, 3.63) is 53.4 Å². The minimum atomic E-state index is -0.900. The maximum absolute atomic E-state index is 13.4. The number of nitrogens with one attached hydrogen (secondary N) is 4. The lowest BCUT2D eigenvalue weighted by Crippen LogP contribution is -2.50. The zero-order chi connectivity index (χ0) is 30.1. The van der Waals surface area contributed by atoms with Gasteiger partial charge in [0.25, 0.3) is 11.8 Å². The van der Waals surface area contributed by atoms with Gasteiger partial charge in [-0.2, -0.15) is 0 Å². The molecule has 2 unspecified atom stereocenters. The first kappa shape index (κ1) is 29.0. The summed E-state index contributed by atoms with van der Waals surface area (Å²) in [7, 11) is 0. The van der Waals surface area contributed by atoms with Gasteiger partial charge in [-0.1, -0.05) is 35.5 Å². The molecule has 1 aromatic heterocycles. The zero-order valence-electron chi connectivity index (χ0n) is 23.9. The van der Waals surface area contributed by atoms with Crippen molar-refractivity contribution in [3.63, 3.8) is 0 Å². The highest BCUT2D eigenvalue weighted by atomic mass is 16.6. The van der Waals surface area contributed by atoms with E-state index in [0.717, 1.165) is 18.4 Å². The number of epoxide rings is 1. The van der Waals surface area contributed by atoms with Gasteiger partial charge < -0.3 is 30.1 Å². The third-order valence-corrected chi connectivity index (χ3v) is 8.60. The molecule has 4 aliphatic rings. The largest absolute Gasteiger partial charge is 0.361 e. The number of Topliss-reactive ketones (excluding diaryl/α,β-unsaturated/α-hetero) is 1. The Labute approximate surface area is 248 Å². The first-order valence-electron chi connectivity index (χ1n) is 14.9. The molecule has 13 nitrogen and oxygen atoms in total. The molecule has 4 heterocycles. The van der Waals surface area contributed by atoms with E-state index in [4.69, 9.17) is 9.26 Å². The van der Waals surface area contributed by atoms with Crippen LogP contribution in [0.5, 0.6) is 0 Å². The number of carbonyl (C=O) groups excluding carboxylic acids is 5. The van der Waals surface area contributed by atoms with E-state index in [1.165, 1.54) is 6.07 Å². The number of likely N-dealkylation sites (tertiary alicyclic amines) is 1. The van der Waals surface area contributed by atoms with E-state index in [1.807, 2.05) is 30.3 Å². The molecule has 4 amide bonds. The van der Waals surface area contributed by atoms with E-state index in [9.17, 15) is 24.0 Å². The summed E-state index contributed by atoms with van der Waals surface area (Å²) in [5.74, 6) is -2.02. The molecule has 3 saturated heterocycles. The second-order valence-electron chi connectivity index (χ2n) is 11.8. The normalized spacial score (nSPS) is 27.0. The molecule has 1 aliphatic carbocycles. The third-order valence-electron chi connectivity index (χ3n) is 8.60. The number of carbonyl (C=O) groups is 5. The summed E-state index contributed by atoms with van der Waals surface area (Å²) in [5.41, 5.74) is 1.18. The van der Waals surface area contributed by atoms with Gasteiger partial charge in [-0.3, -0.25) is 29.3 Å². The van der Waals surface area contributed by atoms with Gasteiger partial charge in [0.15, 0.2) is 5.69 Å². The second-order valence-corrected chi connectivity index (χ2v) is 11.8. The van der Waals surface area contributed by atoms with Crippen LogP contribution in [0.3, 0.4) is 0 Å². The van der Waals surface area contributed by atoms with Gasteiger partial charge in [0.2, 0.25) is 17.6 Å². The average Bonchev–Trinajstić information content (AvgIpc) is 3.82. The van der Waals surface area contributed by atoms with Gasteiger partial charge in [0.1, 0.15) is 18.1 Å². The minimum Gasteiger partial charge on any atom is -0.361 e. The van der Waals surface area contributed by atoms with Crippen molar-refractivity contribution in [2.24, 2.45) is 5.92 Å². The van der Waals surface area contributed by atoms with Crippen molar-refractivity contribution < 1.29 is 33.2 Å². The lowest BCUT2D eigenvalue weighted by Gasteiger charge is -2.24. The quantitative estimate of drug-likeness (QED) is 0.198. The van der Waals surface area contributed by atoms with Gasteiger partial charge in [0.05, 0.1) is 18.6 Å². The van der Waals surface area contributed by atoms with Crippen LogP contribution in [0, 0.1) is 12.8 Å². The molecule has 2 aromatic rings. The summed E-state index contributed by atoms with van der Waals surface area (Å²) in [6, 6.07) is 10.2. The fraction of sp³-hybridized carbons (Fsp3) is 0.533. The number of benzene rings is 1. The summed E-state index contributed by atoms with van der Waals surface area (Å²) in [6.07, 6.45) is 2.10. The number of nitrogens with zero attached hydrogens (tertiary/aromatic N) is 2. The summed E-state index contributed by atoms with van der Waals surface area (Å²) in [6.45, 7) is 2.42. The van der Waals surface area contributed by atoms with Crippen LogP contribution in [-0.4, -0.2) is 89.6 Å². The number of aryl methyl sites for hydroxylation is 1. The van der Waals surface area contributed by atoms with Crippen LogP contribution in [0.1, 0.15) is 59.8 Å². The Kier molecular flexibility index (Phi) is 8.26. The van der Waals surface area contributed by atoms with Crippen LogP contribution in [0.2, 0.25) is 0 Å². The van der Waals surface area contributed by atoms with E-state index in [0.29, 0.717) is 31.7 Å². The van der Waals surface area contributed by atoms with Crippen LogP contribution < -0.4 is 21.3 Å². The number of hydrogen-bond donors (Lipinski definition) is 4. The Hall–Kier alpha value is -4.10. The number of aromatic nitrogens is 1. The summed E-state index contributed by atoms with van der Waals surface area (Å²) in [5, 5.41) is 15.0. The molecule has 6 rings (SSSR count). The first-order valence-corrected chi connectivity index (χ1v) is 14.9. The molecular formula is C30H36N6O7. The minimum absolute atomic E-state index is 0.0265. The van der Waals surface area contributed by atoms with Crippen LogP contribution in [0.25, 0.3) is 0 Å². The average molecular weight is 593 g/mol. The summed E-state index contributed by atoms with van der Waals surface area (Å²) < 4.78 is 11.0. The lowest BCUT2D eigenvalue weighted by atomic mass is 9.94. The van der Waals surface area contributed by atoms with Crippen molar-refractivity contribution in [2.75, 3.05) is 19.6 Å². The topological polar surface area (TPSA) is 175 Å². The molecule has 4 N–H and O–H groups in total. The highest BCUT2D eigenvalue weighted by Gasteiger charge is 2.53. The highest BCUT2D eigenvalue weighted by Crippen LogP contribution is 2.40. The highest BCUT2D eigenvalue weighted by molar-refractivity contribution is 6.38. The number of hydrogen-bond acceptors (Lipinski definition) is 9. The molecule has 1 saturated carbocycles. The maximum Gasteiger partial charge on any atom is 0.289 e. The zero-order valence-corrected chi connectivity index (χ0v) is 23.9. The fourth-order valence-electron chi connectivity index (χ4n) is 6.05. The van der Waals surface area contributed by atoms with Gasteiger partial charge >= 0.3 is 0 Å².